The van der Waals surface area contributed by atoms with Gasteiger partial charge < -0.3 is 20.1 Å². The Morgan fingerprint density at radius 2 is 1.48 bits per heavy atom. The Morgan fingerprint density at radius 1 is 0.828 bits per heavy atom. The maximum absolute atomic E-state index is 12.2. The summed E-state index contributed by atoms with van der Waals surface area (Å²) < 4.78 is 10.6. The lowest BCUT2D eigenvalue weighted by Gasteiger charge is -2.13. The highest BCUT2D eigenvalue weighted by atomic mass is 16.5. The molecule has 6 nitrogen and oxygen atoms in total. The van der Waals surface area contributed by atoms with Gasteiger partial charge in [-0.05, 0) is 35.9 Å². The normalized spacial score (nSPS) is 10.1. The van der Waals surface area contributed by atoms with Crippen molar-refractivity contribution in [2.75, 3.05) is 24.4 Å². The Balaban J connectivity index is 1.66. The first-order valence-corrected chi connectivity index (χ1v) is 9.18. The Hall–Kier alpha value is -3.80. The minimum Gasteiger partial charge on any atom is -0.492 e. The van der Waals surface area contributed by atoms with E-state index in [-0.39, 0.29) is 5.56 Å². The van der Waals surface area contributed by atoms with E-state index in [2.05, 4.69) is 10.6 Å². The van der Waals surface area contributed by atoms with Crippen LogP contribution in [-0.2, 0) is 11.2 Å². The van der Waals surface area contributed by atoms with Crippen LogP contribution in [0, 0.1) is 0 Å². The van der Waals surface area contributed by atoms with E-state index < -0.39 is 12.0 Å². The fraction of sp³-hybridized carbons (Fsp3) is 0.130. The lowest BCUT2D eigenvalue weighted by molar-refractivity contribution is 0.0596. The molecular formula is C23H22N2O4. The maximum atomic E-state index is 12.2. The van der Waals surface area contributed by atoms with Gasteiger partial charge in [0.05, 0.1) is 13.7 Å². The predicted molar refractivity (Wildman–Crippen MR) is 113 cm³/mol. The van der Waals surface area contributed by atoms with Crippen LogP contribution >= 0.6 is 0 Å². The van der Waals surface area contributed by atoms with Crippen LogP contribution in [0.4, 0.5) is 16.2 Å². The van der Waals surface area contributed by atoms with Crippen LogP contribution < -0.4 is 15.4 Å². The van der Waals surface area contributed by atoms with E-state index >= 15 is 0 Å². The van der Waals surface area contributed by atoms with Crippen molar-refractivity contribution in [1.82, 2.24) is 0 Å². The first-order valence-electron chi connectivity index (χ1n) is 9.18. The van der Waals surface area contributed by atoms with E-state index in [1.165, 1.54) is 13.2 Å². The lowest BCUT2D eigenvalue weighted by Crippen LogP contribution is -2.19. The SMILES string of the molecule is COC(=O)c1cc(NC(=O)Nc2ccccc2)ccc1OCCc1ccccc1. The summed E-state index contributed by atoms with van der Waals surface area (Å²) in [5, 5.41) is 5.43. The quantitative estimate of drug-likeness (QED) is 0.572. The third-order valence-corrected chi connectivity index (χ3v) is 4.17. The van der Waals surface area contributed by atoms with Crippen molar-refractivity contribution < 1.29 is 19.1 Å². The molecule has 0 aliphatic rings. The number of carbonyl (C=O) groups is 2. The third kappa shape index (κ3) is 5.84. The highest BCUT2D eigenvalue weighted by molar-refractivity contribution is 6.01. The molecule has 0 saturated carbocycles. The molecule has 0 radical (unpaired) electrons. The summed E-state index contributed by atoms with van der Waals surface area (Å²) in [6.45, 7) is 0.412. The second-order valence-corrected chi connectivity index (χ2v) is 6.23. The van der Waals surface area contributed by atoms with Crippen LogP contribution in [-0.4, -0.2) is 25.7 Å². The molecule has 0 unspecified atom stereocenters. The molecule has 0 aliphatic heterocycles. The molecule has 0 spiro atoms. The van der Waals surface area contributed by atoms with Gasteiger partial charge in [0.2, 0.25) is 0 Å². The second kappa shape index (κ2) is 9.94. The van der Waals surface area contributed by atoms with Crippen LogP contribution in [0.2, 0.25) is 0 Å². The highest BCUT2D eigenvalue weighted by Crippen LogP contribution is 2.24. The van der Waals surface area contributed by atoms with Crippen molar-refractivity contribution in [2.45, 2.75) is 6.42 Å². The molecule has 6 heteroatoms. The molecule has 0 aromatic heterocycles. The number of nitrogens with one attached hydrogen (secondary N) is 2. The summed E-state index contributed by atoms with van der Waals surface area (Å²) in [6.07, 6.45) is 0.709. The zero-order valence-electron chi connectivity index (χ0n) is 16.1. The molecule has 148 valence electrons. The maximum Gasteiger partial charge on any atom is 0.341 e. The van der Waals surface area contributed by atoms with Gasteiger partial charge in [-0.3, -0.25) is 0 Å². The number of para-hydroxylation sites is 1. The van der Waals surface area contributed by atoms with Gasteiger partial charge in [0.1, 0.15) is 11.3 Å². The molecule has 0 fully saturated rings. The Morgan fingerprint density at radius 3 is 2.17 bits per heavy atom. The minimum atomic E-state index is -0.535. The first-order chi connectivity index (χ1) is 14.2. The molecule has 0 atom stereocenters. The van der Waals surface area contributed by atoms with E-state index in [0.717, 1.165) is 5.56 Å². The first kappa shape index (κ1) is 19.9. The molecule has 0 saturated heterocycles. The van der Waals surface area contributed by atoms with Crippen molar-refractivity contribution in [3.8, 4) is 5.75 Å². The summed E-state index contributed by atoms with van der Waals surface area (Å²) in [5.41, 5.74) is 2.51. The van der Waals surface area contributed by atoms with Crippen molar-refractivity contribution >= 4 is 23.4 Å². The number of hydrogen-bond acceptors (Lipinski definition) is 4. The number of hydrogen-bond donors (Lipinski definition) is 2. The second-order valence-electron chi connectivity index (χ2n) is 6.23. The summed E-state index contributed by atoms with van der Waals surface area (Å²) in [4.78, 5) is 24.3. The van der Waals surface area contributed by atoms with Gasteiger partial charge in [-0.15, -0.1) is 0 Å². The molecular weight excluding hydrogens is 368 g/mol. The predicted octanol–water partition coefficient (Wildman–Crippen LogP) is 4.74. The van der Waals surface area contributed by atoms with Crippen molar-refractivity contribution in [1.29, 1.82) is 0 Å². The largest absolute Gasteiger partial charge is 0.492 e. The van der Waals surface area contributed by atoms with E-state index in [1.54, 1.807) is 24.3 Å². The zero-order valence-corrected chi connectivity index (χ0v) is 16.1. The van der Waals surface area contributed by atoms with Crippen LogP contribution in [0.15, 0.2) is 78.9 Å². The molecule has 3 aromatic carbocycles. The highest BCUT2D eigenvalue weighted by Gasteiger charge is 2.15. The van der Waals surface area contributed by atoms with E-state index in [4.69, 9.17) is 9.47 Å². The van der Waals surface area contributed by atoms with Gasteiger partial charge in [-0.1, -0.05) is 48.5 Å². The molecule has 2 amide bonds. The van der Waals surface area contributed by atoms with Crippen molar-refractivity contribution in [3.05, 3.63) is 90.0 Å². The monoisotopic (exact) mass is 390 g/mol. The number of benzene rings is 3. The molecule has 3 aromatic rings. The van der Waals surface area contributed by atoms with E-state index in [1.807, 2.05) is 48.5 Å². The van der Waals surface area contributed by atoms with E-state index in [9.17, 15) is 9.59 Å². The number of rotatable bonds is 7. The van der Waals surface area contributed by atoms with Gasteiger partial charge in [0.15, 0.2) is 0 Å². The number of esters is 1. The van der Waals surface area contributed by atoms with Gasteiger partial charge in [-0.25, -0.2) is 9.59 Å². The zero-order chi connectivity index (χ0) is 20.5. The third-order valence-electron chi connectivity index (χ3n) is 4.17. The van der Waals surface area contributed by atoms with Gasteiger partial charge in [0, 0.05) is 17.8 Å². The van der Waals surface area contributed by atoms with Crippen LogP contribution in [0.5, 0.6) is 5.75 Å². The minimum absolute atomic E-state index is 0.248. The van der Waals surface area contributed by atoms with Crippen LogP contribution in [0.1, 0.15) is 15.9 Å². The molecule has 0 bridgehead atoms. The lowest BCUT2D eigenvalue weighted by atomic mass is 10.1. The smallest absolute Gasteiger partial charge is 0.341 e. The summed E-state index contributed by atoms with van der Waals surface area (Å²) in [6, 6.07) is 23.5. The Labute approximate surface area is 169 Å². The van der Waals surface area contributed by atoms with Gasteiger partial charge >= 0.3 is 12.0 Å². The Kier molecular flexibility index (Phi) is 6.84. The molecule has 3 rings (SSSR count). The fourth-order valence-corrected chi connectivity index (χ4v) is 2.74. The summed E-state index contributed by atoms with van der Waals surface area (Å²) in [5.74, 6) is -0.131. The summed E-state index contributed by atoms with van der Waals surface area (Å²) in [7, 11) is 1.30. The number of amides is 2. The van der Waals surface area contributed by atoms with Crippen molar-refractivity contribution in [3.63, 3.8) is 0 Å². The molecule has 0 aliphatic carbocycles. The van der Waals surface area contributed by atoms with Crippen LogP contribution in [0.25, 0.3) is 0 Å². The number of carbonyl (C=O) groups excluding carboxylic acids is 2. The number of urea groups is 1. The van der Waals surface area contributed by atoms with Crippen molar-refractivity contribution in [2.24, 2.45) is 0 Å². The topological polar surface area (TPSA) is 76.7 Å². The Bertz CT molecular complexity index is 959. The summed E-state index contributed by atoms with van der Waals surface area (Å²) >= 11 is 0. The average Bonchev–Trinajstić information content (AvgIpc) is 2.75. The number of anilines is 2. The van der Waals surface area contributed by atoms with E-state index in [0.29, 0.717) is 30.2 Å². The molecule has 0 heterocycles. The average molecular weight is 390 g/mol. The molecule has 2 N–H and O–H groups in total. The van der Waals surface area contributed by atoms with Gasteiger partial charge in [-0.2, -0.15) is 0 Å². The number of ether oxygens (including phenoxy) is 2. The van der Waals surface area contributed by atoms with Gasteiger partial charge in [0.25, 0.3) is 0 Å². The number of methoxy groups -OCH3 is 1. The van der Waals surface area contributed by atoms with Crippen LogP contribution in [0.3, 0.4) is 0 Å². The standard InChI is InChI=1S/C23H22N2O4/c1-28-22(26)20-16-19(25-23(27)24-18-10-6-3-7-11-18)12-13-21(20)29-15-14-17-8-4-2-5-9-17/h2-13,16H,14-15H2,1H3,(H2,24,25,27). The molecule has 29 heavy (non-hydrogen) atoms. The fourth-order valence-electron chi connectivity index (χ4n) is 2.74.